The van der Waals surface area contributed by atoms with Crippen LogP contribution in [0.15, 0.2) is 12.1 Å². The van der Waals surface area contributed by atoms with E-state index in [0.29, 0.717) is 5.92 Å². The molecule has 25 heavy (non-hydrogen) atoms. The lowest BCUT2D eigenvalue weighted by Gasteiger charge is -2.42. The Morgan fingerprint density at radius 2 is 1.60 bits per heavy atom. The first-order valence-electron chi connectivity index (χ1n) is 9.11. The van der Waals surface area contributed by atoms with Crippen LogP contribution in [0.2, 0.25) is 0 Å². The number of nitrogens with one attached hydrogen (secondary N) is 1. The second kappa shape index (κ2) is 8.74. The summed E-state index contributed by atoms with van der Waals surface area (Å²) in [6.07, 6.45) is 2.12. The van der Waals surface area contributed by atoms with Gasteiger partial charge in [-0.2, -0.15) is 0 Å². The lowest BCUT2D eigenvalue weighted by atomic mass is 9.84. The molecule has 2 heterocycles. The molecule has 3 rings (SSSR count). The molecule has 1 aromatic rings. The lowest BCUT2D eigenvalue weighted by Crippen LogP contribution is -2.47. The number of nitrogens with zero attached hydrogens (tertiary/aromatic N) is 1. The Morgan fingerprint density at radius 1 is 1.00 bits per heavy atom. The zero-order chi connectivity index (χ0) is 17.6. The predicted molar refractivity (Wildman–Crippen MR) is 96.8 cm³/mol. The van der Waals surface area contributed by atoms with Crippen LogP contribution in [0.1, 0.15) is 24.4 Å². The molecular weight excluding hydrogens is 320 g/mol. The van der Waals surface area contributed by atoms with Crippen molar-refractivity contribution in [2.45, 2.75) is 18.9 Å². The smallest absolute Gasteiger partial charge is 0.131 e. The van der Waals surface area contributed by atoms with E-state index in [1.54, 1.807) is 21.3 Å². The average Bonchev–Trinajstić information content (AvgIpc) is 2.69. The highest BCUT2D eigenvalue weighted by Crippen LogP contribution is 2.45. The van der Waals surface area contributed by atoms with Crippen molar-refractivity contribution in [2.24, 2.45) is 5.92 Å². The van der Waals surface area contributed by atoms with Crippen LogP contribution < -0.4 is 19.5 Å². The van der Waals surface area contributed by atoms with Gasteiger partial charge in [0.05, 0.1) is 26.9 Å². The second-order valence-corrected chi connectivity index (χ2v) is 6.63. The minimum Gasteiger partial charge on any atom is -0.496 e. The van der Waals surface area contributed by atoms with E-state index in [9.17, 15) is 0 Å². The number of methoxy groups -OCH3 is 3. The summed E-state index contributed by atoms with van der Waals surface area (Å²) < 4.78 is 22.5. The molecule has 0 saturated carbocycles. The van der Waals surface area contributed by atoms with Crippen molar-refractivity contribution >= 4 is 0 Å². The van der Waals surface area contributed by atoms with Crippen LogP contribution in [-0.2, 0) is 4.74 Å². The van der Waals surface area contributed by atoms with Crippen LogP contribution in [0, 0.1) is 5.92 Å². The van der Waals surface area contributed by atoms with E-state index in [-0.39, 0.29) is 6.04 Å². The fraction of sp³-hybridized carbons (Fsp3) is 0.684. The minimum absolute atomic E-state index is 0.266. The SMILES string of the molecule is COc1cc(OC)c([C@@H](C2CCOCC2)N2CCNCC2)c(OC)c1. The van der Waals surface area contributed by atoms with Crippen LogP contribution in [0.4, 0.5) is 0 Å². The number of hydrogen-bond donors (Lipinski definition) is 1. The van der Waals surface area contributed by atoms with Crippen molar-refractivity contribution in [2.75, 3.05) is 60.7 Å². The van der Waals surface area contributed by atoms with Gasteiger partial charge < -0.3 is 24.3 Å². The molecule has 2 fully saturated rings. The van der Waals surface area contributed by atoms with Gasteiger partial charge in [-0.25, -0.2) is 0 Å². The third kappa shape index (κ3) is 4.02. The molecule has 2 aliphatic rings. The van der Waals surface area contributed by atoms with Gasteiger partial charge in [0.25, 0.3) is 0 Å². The summed E-state index contributed by atoms with van der Waals surface area (Å²) in [5, 5.41) is 3.45. The van der Waals surface area contributed by atoms with Crippen molar-refractivity contribution in [1.29, 1.82) is 0 Å². The summed E-state index contributed by atoms with van der Waals surface area (Å²) in [6, 6.07) is 4.19. The average molecular weight is 350 g/mol. The van der Waals surface area contributed by atoms with E-state index < -0.39 is 0 Å². The second-order valence-electron chi connectivity index (χ2n) is 6.63. The molecule has 1 N–H and O–H groups in total. The fourth-order valence-electron chi connectivity index (χ4n) is 4.03. The molecule has 1 atom stereocenters. The molecule has 6 heteroatoms. The largest absolute Gasteiger partial charge is 0.496 e. The minimum atomic E-state index is 0.266. The van der Waals surface area contributed by atoms with E-state index in [1.807, 2.05) is 12.1 Å². The Labute approximate surface area is 150 Å². The molecule has 140 valence electrons. The highest BCUT2D eigenvalue weighted by molar-refractivity contribution is 5.52. The standard InChI is InChI=1S/C19H30N2O4/c1-22-15-12-16(23-2)18(17(13-15)24-3)19(14-4-10-25-11-5-14)21-8-6-20-7-9-21/h12-14,19-20H,4-11H2,1-3H3/t19-/m1/s1. The van der Waals surface area contributed by atoms with Crippen molar-refractivity contribution in [1.82, 2.24) is 10.2 Å². The van der Waals surface area contributed by atoms with E-state index in [4.69, 9.17) is 18.9 Å². The van der Waals surface area contributed by atoms with Gasteiger partial charge in [-0.15, -0.1) is 0 Å². The Morgan fingerprint density at radius 3 is 2.12 bits per heavy atom. The number of rotatable bonds is 6. The van der Waals surface area contributed by atoms with Crippen molar-refractivity contribution in [3.63, 3.8) is 0 Å². The van der Waals surface area contributed by atoms with Crippen molar-refractivity contribution in [3.05, 3.63) is 17.7 Å². The zero-order valence-electron chi connectivity index (χ0n) is 15.5. The topological polar surface area (TPSA) is 52.2 Å². The molecule has 0 bridgehead atoms. The first-order chi connectivity index (χ1) is 12.3. The van der Waals surface area contributed by atoms with E-state index in [1.165, 1.54) is 0 Å². The lowest BCUT2D eigenvalue weighted by molar-refractivity contribution is 0.0199. The summed E-state index contributed by atoms with van der Waals surface area (Å²) in [4.78, 5) is 2.57. The van der Waals surface area contributed by atoms with Gasteiger partial charge in [-0.3, -0.25) is 4.90 Å². The normalized spacial score (nSPS) is 20.9. The predicted octanol–water partition coefficient (Wildman–Crippen LogP) is 2.09. The maximum Gasteiger partial charge on any atom is 0.131 e. The number of ether oxygens (including phenoxy) is 4. The monoisotopic (exact) mass is 350 g/mol. The van der Waals surface area contributed by atoms with Gasteiger partial charge in [0.1, 0.15) is 17.2 Å². The first-order valence-corrected chi connectivity index (χ1v) is 9.11. The van der Waals surface area contributed by atoms with Gasteiger partial charge in [0, 0.05) is 57.6 Å². The molecule has 0 radical (unpaired) electrons. The Hall–Kier alpha value is -1.50. The van der Waals surface area contributed by atoms with E-state index in [0.717, 1.165) is 75.0 Å². The summed E-state index contributed by atoms with van der Waals surface area (Å²) in [5.41, 5.74) is 1.14. The highest BCUT2D eigenvalue weighted by atomic mass is 16.5. The molecule has 0 amide bonds. The van der Waals surface area contributed by atoms with E-state index >= 15 is 0 Å². The summed E-state index contributed by atoms with van der Waals surface area (Å²) in [5.74, 6) is 2.96. The van der Waals surface area contributed by atoms with Crippen molar-refractivity contribution < 1.29 is 18.9 Å². The fourth-order valence-corrected chi connectivity index (χ4v) is 4.03. The first kappa shape index (κ1) is 18.3. The third-order valence-electron chi connectivity index (χ3n) is 5.31. The van der Waals surface area contributed by atoms with Gasteiger partial charge in [0.2, 0.25) is 0 Å². The van der Waals surface area contributed by atoms with Gasteiger partial charge in [-0.05, 0) is 18.8 Å². The Balaban J connectivity index is 2.04. The third-order valence-corrected chi connectivity index (χ3v) is 5.31. The van der Waals surface area contributed by atoms with Gasteiger partial charge in [-0.1, -0.05) is 0 Å². The molecular formula is C19H30N2O4. The molecule has 2 aliphatic heterocycles. The van der Waals surface area contributed by atoms with Crippen LogP contribution in [-0.4, -0.2) is 65.6 Å². The van der Waals surface area contributed by atoms with Crippen LogP contribution in [0.3, 0.4) is 0 Å². The molecule has 0 unspecified atom stereocenters. The summed E-state index contributed by atoms with van der Waals surface area (Å²) >= 11 is 0. The number of piperazine rings is 1. The van der Waals surface area contributed by atoms with Gasteiger partial charge >= 0.3 is 0 Å². The van der Waals surface area contributed by atoms with Gasteiger partial charge in [0.15, 0.2) is 0 Å². The Kier molecular flexibility index (Phi) is 6.39. The van der Waals surface area contributed by atoms with Crippen molar-refractivity contribution in [3.8, 4) is 17.2 Å². The van der Waals surface area contributed by atoms with Crippen LogP contribution in [0.25, 0.3) is 0 Å². The maximum atomic E-state index is 5.76. The number of benzene rings is 1. The quantitative estimate of drug-likeness (QED) is 0.848. The van der Waals surface area contributed by atoms with Crippen LogP contribution in [0.5, 0.6) is 17.2 Å². The van der Waals surface area contributed by atoms with E-state index in [2.05, 4.69) is 10.2 Å². The highest BCUT2D eigenvalue weighted by Gasteiger charge is 2.35. The molecule has 0 spiro atoms. The molecule has 6 nitrogen and oxygen atoms in total. The van der Waals surface area contributed by atoms with Crippen LogP contribution >= 0.6 is 0 Å². The number of hydrogen-bond acceptors (Lipinski definition) is 6. The molecule has 0 aromatic heterocycles. The summed E-state index contributed by atoms with van der Waals surface area (Å²) in [6.45, 7) is 5.74. The Bertz CT molecular complexity index is 511. The zero-order valence-corrected chi connectivity index (χ0v) is 15.5. The molecule has 2 saturated heterocycles. The maximum absolute atomic E-state index is 5.76. The molecule has 1 aromatic carbocycles. The molecule has 0 aliphatic carbocycles. The summed E-state index contributed by atoms with van der Waals surface area (Å²) in [7, 11) is 5.10.